The summed E-state index contributed by atoms with van der Waals surface area (Å²) in [7, 11) is 0. The zero-order chi connectivity index (χ0) is 19.6. The molecule has 1 aliphatic heterocycles. The summed E-state index contributed by atoms with van der Waals surface area (Å²) in [4.78, 5) is 29.9. The molecule has 2 atom stereocenters. The second kappa shape index (κ2) is 7.73. The molecule has 142 valence electrons. The first-order chi connectivity index (χ1) is 12.8. The van der Waals surface area contributed by atoms with Crippen LogP contribution >= 0.6 is 0 Å². The van der Waals surface area contributed by atoms with Gasteiger partial charge in [0.05, 0.1) is 4.92 Å². The third kappa shape index (κ3) is 4.42. The molecule has 1 N–H and O–H groups in total. The van der Waals surface area contributed by atoms with E-state index in [0.29, 0.717) is 23.2 Å². The fourth-order valence-electron chi connectivity index (χ4n) is 3.76. The lowest BCUT2D eigenvalue weighted by atomic mass is 9.91. The SMILES string of the molecule is Cc1cc(NC(=O)c2ccc(N3CC(C)CC(C)C3)c([N+](=O)[O-])c2)ccn1. The van der Waals surface area contributed by atoms with Crippen molar-refractivity contribution in [3.63, 3.8) is 0 Å². The number of carbonyl (C=O) groups is 1. The molecule has 0 saturated carbocycles. The van der Waals surface area contributed by atoms with Crippen molar-refractivity contribution >= 4 is 23.0 Å². The maximum Gasteiger partial charge on any atom is 0.293 e. The zero-order valence-corrected chi connectivity index (χ0v) is 15.8. The molecule has 1 aliphatic rings. The van der Waals surface area contributed by atoms with E-state index in [2.05, 4.69) is 29.0 Å². The molecule has 1 fully saturated rings. The van der Waals surface area contributed by atoms with Gasteiger partial charge in [-0.3, -0.25) is 19.9 Å². The van der Waals surface area contributed by atoms with Gasteiger partial charge < -0.3 is 10.2 Å². The zero-order valence-electron chi connectivity index (χ0n) is 15.8. The number of carbonyl (C=O) groups excluding carboxylic acids is 1. The van der Waals surface area contributed by atoms with Crippen molar-refractivity contribution in [2.24, 2.45) is 11.8 Å². The Balaban J connectivity index is 1.87. The molecule has 1 aromatic carbocycles. The summed E-state index contributed by atoms with van der Waals surface area (Å²) in [5.74, 6) is 0.577. The smallest absolute Gasteiger partial charge is 0.293 e. The third-order valence-electron chi connectivity index (χ3n) is 4.80. The van der Waals surface area contributed by atoms with Crippen LogP contribution in [0.5, 0.6) is 0 Å². The Labute approximate surface area is 158 Å². The van der Waals surface area contributed by atoms with Crippen molar-refractivity contribution in [1.29, 1.82) is 0 Å². The first kappa shape index (κ1) is 18.8. The number of rotatable bonds is 4. The number of anilines is 2. The number of hydrogen-bond acceptors (Lipinski definition) is 5. The molecule has 0 spiro atoms. The number of nitrogens with zero attached hydrogens (tertiary/aromatic N) is 3. The monoisotopic (exact) mass is 368 g/mol. The average Bonchev–Trinajstić information content (AvgIpc) is 2.60. The molecule has 2 unspecified atom stereocenters. The summed E-state index contributed by atoms with van der Waals surface area (Å²) in [6.07, 6.45) is 2.73. The number of nitro benzene ring substituents is 1. The van der Waals surface area contributed by atoms with Crippen molar-refractivity contribution in [2.75, 3.05) is 23.3 Å². The number of nitro groups is 1. The molecule has 0 radical (unpaired) electrons. The van der Waals surface area contributed by atoms with Crippen LogP contribution in [0.25, 0.3) is 0 Å². The van der Waals surface area contributed by atoms with Crippen molar-refractivity contribution in [2.45, 2.75) is 27.2 Å². The van der Waals surface area contributed by atoms with Crippen LogP contribution < -0.4 is 10.2 Å². The lowest BCUT2D eigenvalue weighted by Crippen LogP contribution is -2.39. The van der Waals surface area contributed by atoms with Gasteiger partial charge in [-0.2, -0.15) is 0 Å². The molecule has 2 aromatic rings. The second-order valence-electron chi connectivity index (χ2n) is 7.45. The lowest BCUT2D eigenvalue weighted by molar-refractivity contribution is -0.384. The standard InChI is InChI=1S/C20H24N4O3/c1-13-8-14(2)12-23(11-13)18-5-4-16(10-19(18)24(26)27)20(25)22-17-6-7-21-15(3)9-17/h4-7,9-10,13-14H,8,11-12H2,1-3H3,(H,21,22,25). The van der Waals surface area contributed by atoms with Crippen LogP contribution in [0.1, 0.15) is 36.3 Å². The molecule has 27 heavy (non-hydrogen) atoms. The topological polar surface area (TPSA) is 88.4 Å². The molecule has 2 heterocycles. The molecule has 7 heteroatoms. The number of benzene rings is 1. The number of hydrogen-bond donors (Lipinski definition) is 1. The van der Waals surface area contributed by atoms with Crippen LogP contribution in [0.3, 0.4) is 0 Å². The quantitative estimate of drug-likeness (QED) is 0.650. The Bertz CT molecular complexity index is 858. The number of pyridine rings is 1. The van der Waals surface area contributed by atoms with Crippen LogP contribution in [0.4, 0.5) is 17.1 Å². The number of nitrogens with one attached hydrogen (secondary N) is 1. The Morgan fingerprint density at radius 2 is 1.93 bits per heavy atom. The highest BCUT2D eigenvalue weighted by Gasteiger charge is 2.27. The van der Waals surface area contributed by atoms with Gasteiger partial charge in [0.1, 0.15) is 5.69 Å². The summed E-state index contributed by atoms with van der Waals surface area (Å²) in [6.45, 7) is 7.72. The maximum absolute atomic E-state index is 12.5. The molecule has 1 aromatic heterocycles. The van der Waals surface area contributed by atoms with Gasteiger partial charge >= 0.3 is 0 Å². The molecule has 1 amide bonds. The highest BCUT2D eigenvalue weighted by atomic mass is 16.6. The molecular formula is C20H24N4O3. The number of piperidine rings is 1. The van der Waals surface area contributed by atoms with Crippen molar-refractivity contribution in [3.8, 4) is 0 Å². The second-order valence-corrected chi connectivity index (χ2v) is 7.45. The predicted molar refractivity (Wildman–Crippen MR) is 105 cm³/mol. The minimum Gasteiger partial charge on any atom is -0.365 e. The van der Waals surface area contributed by atoms with Gasteiger partial charge in [0.25, 0.3) is 11.6 Å². The van der Waals surface area contributed by atoms with Gasteiger partial charge in [-0.05, 0) is 49.4 Å². The molecular weight excluding hydrogens is 344 g/mol. The van der Waals surface area contributed by atoms with Crippen LogP contribution in [-0.2, 0) is 0 Å². The first-order valence-corrected chi connectivity index (χ1v) is 9.11. The van der Waals surface area contributed by atoms with E-state index < -0.39 is 4.92 Å². The normalized spacial score (nSPS) is 19.6. The largest absolute Gasteiger partial charge is 0.365 e. The fourth-order valence-corrected chi connectivity index (χ4v) is 3.76. The minimum atomic E-state index is -0.410. The van der Waals surface area contributed by atoms with Crippen molar-refractivity contribution in [1.82, 2.24) is 4.98 Å². The van der Waals surface area contributed by atoms with Gasteiger partial charge in [0, 0.05) is 42.3 Å². The Hall–Kier alpha value is -2.96. The van der Waals surface area contributed by atoms with Crippen LogP contribution in [0, 0.1) is 28.9 Å². The highest BCUT2D eigenvalue weighted by Crippen LogP contribution is 2.34. The summed E-state index contributed by atoms with van der Waals surface area (Å²) in [5, 5.41) is 14.4. The number of aromatic nitrogens is 1. The van der Waals surface area contributed by atoms with Crippen molar-refractivity contribution < 1.29 is 9.72 Å². The van der Waals surface area contributed by atoms with E-state index in [4.69, 9.17) is 0 Å². The van der Waals surface area contributed by atoms with E-state index in [9.17, 15) is 14.9 Å². The van der Waals surface area contributed by atoms with E-state index in [1.807, 2.05) is 6.92 Å². The predicted octanol–water partition coefficient (Wildman–Crippen LogP) is 4.03. The fraction of sp³-hybridized carbons (Fsp3) is 0.400. The van der Waals surface area contributed by atoms with Crippen LogP contribution in [-0.4, -0.2) is 28.9 Å². The Morgan fingerprint density at radius 1 is 1.22 bits per heavy atom. The van der Waals surface area contributed by atoms with E-state index in [1.165, 1.54) is 6.07 Å². The first-order valence-electron chi connectivity index (χ1n) is 9.11. The summed E-state index contributed by atoms with van der Waals surface area (Å²) >= 11 is 0. The van der Waals surface area contributed by atoms with E-state index in [0.717, 1.165) is 25.2 Å². The lowest BCUT2D eigenvalue weighted by Gasteiger charge is -2.36. The van der Waals surface area contributed by atoms with Gasteiger partial charge in [0.2, 0.25) is 0 Å². The van der Waals surface area contributed by atoms with E-state index in [-0.39, 0.29) is 17.2 Å². The van der Waals surface area contributed by atoms with Crippen molar-refractivity contribution in [3.05, 3.63) is 57.9 Å². The Morgan fingerprint density at radius 3 is 2.56 bits per heavy atom. The van der Waals surface area contributed by atoms with Gasteiger partial charge in [-0.1, -0.05) is 13.8 Å². The summed E-state index contributed by atoms with van der Waals surface area (Å²) in [5.41, 5.74) is 2.20. The maximum atomic E-state index is 12.5. The minimum absolute atomic E-state index is 0.0325. The summed E-state index contributed by atoms with van der Waals surface area (Å²) in [6, 6.07) is 8.13. The van der Waals surface area contributed by atoms with E-state index in [1.54, 1.807) is 30.5 Å². The number of amides is 1. The third-order valence-corrected chi connectivity index (χ3v) is 4.80. The summed E-state index contributed by atoms with van der Waals surface area (Å²) < 4.78 is 0. The molecule has 7 nitrogen and oxygen atoms in total. The van der Waals surface area contributed by atoms with Gasteiger partial charge in [-0.25, -0.2) is 0 Å². The molecule has 3 rings (SSSR count). The van der Waals surface area contributed by atoms with Crippen LogP contribution in [0.15, 0.2) is 36.5 Å². The molecule has 0 bridgehead atoms. The Kier molecular flexibility index (Phi) is 5.39. The molecule has 0 aliphatic carbocycles. The van der Waals surface area contributed by atoms with Gasteiger partial charge in [-0.15, -0.1) is 0 Å². The number of aryl methyl sites for hydroxylation is 1. The highest BCUT2D eigenvalue weighted by molar-refractivity contribution is 6.05. The van der Waals surface area contributed by atoms with Crippen LogP contribution in [0.2, 0.25) is 0 Å². The average molecular weight is 368 g/mol. The molecule has 1 saturated heterocycles. The van der Waals surface area contributed by atoms with E-state index >= 15 is 0 Å². The van der Waals surface area contributed by atoms with Gasteiger partial charge in [0.15, 0.2) is 0 Å².